The van der Waals surface area contributed by atoms with Crippen LogP contribution >= 0.6 is 0 Å². The fourth-order valence-electron chi connectivity index (χ4n) is 3.70. The van der Waals surface area contributed by atoms with Crippen LogP contribution in [0.1, 0.15) is 5.56 Å². The maximum atomic E-state index is 13.3. The molecule has 0 spiro atoms. The highest BCUT2D eigenvalue weighted by Crippen LogP contribution is 2.30. The number of benzene rings is 2. The second-order valence-corrected chi connectivity index (χ2v) is 8.58. The van der Waals surface area contributed by atoms with Gasteiger partial charge < -0.3 is 15.2 Å². The minimum absolute atomic E-state index is 0.663. The molecular formula is C24H21N5OS. The van der Waals surface area contributed by atoms with Crippen molar-refractivity contribution in [3.05, 3.63) is 91.0 Å². The van der Waals surface area contributed by atoms with Gasteiger partial charge in [-0.25, -0.2) is 0 Å². The summed E-state index contributed by atoms with van der Waals surface area (Å²) >= 11 is -1.39. The third-order valence-electron chi connectivity index (χ3n) is 5.13. The van der Waals surface area contributed by atoms with E-state index < -0.39 is 11.4 Å². The molecule has 2 N–H and O–H groups in total. The van der Waals surface area contributed by atoms with Crippen molar-refractivity contribution < 1.29 is 4.55 Å². The lowest BCUT2D eigenvalue weighted by Gasteiger charge is -2.12. The van der Waals surface area contributed by atoms with E-state index in [1.165, 1.54) is 0 Å². The van der Waals surface area contributed by atoms with E-state index in [2.05, 4.69) is 32.7 Å². The largest absolute Gasteiger partial charge is 0.587 e. The Balaban J connectivity index is 1.55. The van der Waals surface area contributed by atoms with Gasteiger partial charge in [0.2, 0.25) is 0 Å². The lowest BCUT2D eigenvalue weighted by Crippen LogP contribution is -2.12. The molecule has 2 aromatic carbocycles. The van der Waals surface area contributed by atoms with Crippen molar-refractivity contribution >= 4 is 44.5 Å². The molecule has 0 saturated heterocycles. The zero-order valence-corrected chi connectivity index (χ0v) is 17.8. The molecule has 3 aromatic heterocycles. The molecule has 1 unspecified atom stereocenters. The lowest BCUT2D eigenvalue weighted by molar-refractivity contribution is 0.587. The molecule has 0 bridgehead atoms. The summed E-state index contributed by atoms with van der Waals surface area (Å²) in [5.41, 5.74) is 4.86. The molecule has 0 saturated carbocycles. The quantitative estimate of drug-likeness (QED) is 0.387. The minimum Gasteiger partial charge on any atom is -0.587 e. The van der Waals surface area contributed by atoms with Crippen molar-refractivity contribution in [1.82, 2.24) is 19.3 Å². The molecular weight excluding hydrogens is 406 g/mol. The van der Waals surface area contributed by atoms with Gasteiger partial charge in [-0.1, -0.05) is 12.1 Å². The summed E-state index contributed by atoms with van der Waals surface area (Å²) in [7, 11) is 1.91. The van der Waals surface area contributed by atoms with E-state index in [0.29, 0.717) is 11.4 Å². The first kappa shape index (κ1) is 19.6. The van der Waals surface area contributed by atoms with Gasteiger partial charge in [0, 0.05) is 41.1 Å². The Bertz CT molecular complexity index is 1350. The van der Waals surface area contributed by atoms with Crippen LogP contribution in [-0.2, 0) is 17.9 Å². The first-order valence-corrected chi connectivity index (χ1v) is 11.1. The fourth-order valence-corrected chi connectivity index (χ4v) is 4.82. The molecule has 0 aliphatic heterocycles. The van der Waals surface area contributed by atoms with E-state index in [1.807, 2.05) is 59.7 Å². The highest BCUT2D eigenvalue weighted by atomic mass is 32.2. The summed E-state index contributed by atoms with van der Waals surface area (Å²) in [6.45, 7) is 0.693. The van der Waals surface area contributed by atoms with E-state index >= 15 is 0 Å². The monoisotopic (exact) mass is 427 g/mol. The van der Waals surface area contributed by atoms with Crippen molar-refractivity contribution in [2.24, 2.45) is 0 Å². The molecule has 0 aliphatic rings. The number of aromatic nitrogens is 3. The van der Waals surface area contributed by atoms with Crippen molar-refractivity contribution in [1.29, 1.82) is 0 Å². The maximum Gasteiger partial charge on any atom is 0.198 e. The molecule has 0 fully saturated rings. The number of nitrogens with zero attached hydrogens (tertiary/aromatic N) is 3. The number of fused-ring (bicyclic) bond motifs is 2. The summed E-state index contributed by atoms with van der Waals surface area (Å²) in [5, 5.41) is 8.81. The van der Waals surface area contributed by atoms with Gasteiger partial charge in [-0.05, 0) is 61.1 Å². The van der Waals surface area contributed by atoms with E-state index in [4.69, 9.17) is 0 Å². The Morgan fingerprint density at radius 3 is 2.68 bits per heavy atom. The standard InChI is InChI=1S/C24H21N5OS/c1-25-14-18-16-29(31(30)21-5-3-10-26-15-21)24-13-20(6-8-22(18)24)28-19-7-9-23-17(12-19)4-2-11-27-23/h2-13,15-16,25,28H,14H2,1H3. The van der Waals surface area contributed by atoms with Crippen molar-refractivity contribution in [3.63, 3.8) is 0 Å². The second kappa shape index (κ2) is 8.39. The van der Waals surface area contributed by atoms with Gasteiger partial charge in [-0.3, -0.25) is 9.97 Å². The lowest BCUT2D eigenvalue weighted by atomic mass is 10.1. The molecule has 5 aromatic rings. The number of rotatable bonds is 6. The van der Waals surface area contributed by atoms with Crippen LogP contribution in [0, 0.1) is 0 Å². The molecule has 154 valence electrons. The van der Waals surface area contributed by atoms with Gasteiger partial charge >= 0.3 is 0 Å². The Morgan fingerprint density at radius 2 is 1.84 bits per heavy atom. The Kier molecular flexibility index (Phi) is 5.30. The molecule has 1 atom stereocenters. The van der Waals surface area contributed by atoms with E-state index in [0.717, 1.165) is 38.7 Å². The number of pyridine rings is 2. The molecule has 3 heterocycles. The molecule has 7 heteroatoms. The van der Waals surface area contributed by atoms with Gasteiger partial charge in [-0.2, -0.15) is 3.97 Å². The first-order valence-electron chi connectivity index (χ1n) is 9.95. The zero-order chi connectivity index (χ0) is 21.2. The molecule has 0 radical (unpaired) electrons. The van der Waals surface area contributed by atoms with E-state index in [9.17, 15) is 4.55 Å². The first-order chi connectivity index (χ1) is 15.2. The van der Waals surface area contributed by atoms with Crippen LogP contribution in [-0.4, -0.2) is 25.5 Å². The van der Waals surface area contributed by atoms with Gasteiger partial charge in [0.25, 0.3) is 0 Å². The van der Waals surface area contributed by atoms with E-state index in [-0.39, 0.29) is 0 Å². The third kappa shape index (κ3) is 3.86. The fraction of sp³-hybridized carbons (Fsp3) is 0.0833. The normalized spacial score (nSPS) is 12.3. The summed E-state index contributed by atoms with van der Waals surface area (Å²) in [6, 6.07) is 19.9. The van der Waals surface area contributed by atoms with Crippen LogP contribution in [0.15, 0.2) is 90.3 Å². The maximum absolute atomic E-state index is 13.3. The van der Waals surface area contributed by atoms with Crippen LogP contribution in [0.25, 0.3) is 21.8 Å². The molecule has 6 nitrogen and oxygen atoms in total. The van der Waals surface area contributed by atoms with Crippen LogP contribution < -0.4 is 10.6 Å². The third-order valence-corrected chi connectivity index (χ3v) is 6.43. The summed E-state index contributed by atoms with van der Waals surface area (Å²) in [5.74, 6) is 0. The number of nitrogens with one attached hydrogen (secondary N) is 2. The van der Waals surface area contributed by atoms with Gasteiger partial charge in [-0.15, -0.1) is 0 Å². The second-order valence-electron chi connectivity index (χ2n) is 7.22. The number of hydrogen-bond acceptors (Lipinski definition) is 5. The van der Waals surface area contributed by atoms with Gasteiger partial charge in [0.15, 0.2) is 4.90 Å². The summed E-state index contributed by atoms with van der Waals surface area (Å²) < 4.78 is 15.1. The van der Waals surface area contributed by atoms with Crippen LogP contribution in [0.3, 0.4) is 0 Å². The Hall–Kier alpha value is -3.39. The number of anilines is 2. The molecule has 31 heavy (non-hydrogen) atoms. The Morgan fingerprint density at radius 1 is 1.00 bits per heavy atom. The summed E-state index contributed by atoms with van der Waals surface area (Å²) in [6.07, 6.45) is 7.07. The molecule has 0 amide bonds. The predicted octanol–water partition coefficient (Wildman–Crippen LogP) is 4.62. The predicted molar refractivity (Wildman–Crippen MR) is 126 cm³/mol. The highest BCUT2D eigenvalue weighted by Gasteiger charge is 2.20. The van der Waals surface area contributed by atoms with Gasteiger partial charge in [0.1, 0.15) is 16.9 Å². The minimum atomic E-state index is -1.39. The zero-order valence-electron chi connectivity index (χ0n) is 16.9. The topological polar surface area (TPSA) is 77.8 Å². The molecule has 0 aliphatic carbocycles. The Labute approximate surface area is 183 Å². The smallest absolute Gasteiger partial charge is 0.198 e. The van der Waals surface area contributed by atoms with Crippen molar-refractivity contribution in [2.45, 2.75) is 11.4 Å². The van der Waals surface area contributed by atoms with E-state index in [1.54, 1.807) is 24.7 Å². The van der Waals surface area contributed by atoms with Crippen LogP contribution in [0.2, 0.25) is 0 Å². The highest BCUT2D eigenvalue weighted by molar-refractivity contribution is 7.90. The average Bonchev–Trinajstić information content (AvgIpc) is 3.17. The van der Waals surface area contributed by atoms with Crippen molar-refractivity contribution in [3.8, 4) is 0 Å². The molecule has 5 rings (SSSR count). The van der Waals surface area contributed by atoms with Crippen LogP contribution in [0.4, 0.5) is 11.4 Å². The number of hydrogen-bond donors (Lipinski definition) is 2. The van der Waals surface area contributed by atoms with Crippen molar-refractivity contribution in [2.75, 3.05) is 12.4 Å². The summed E-state index contributed by atoms with van der Waals surface area (Å²) in [4.78, 5) is 9.15. The SMILES string of the molecule is CNCc1cn([S+]([O-])c2cccnc2)c2cc(Nc3ccc4ncccc4c3)ccc12. The van der Waals surface area contributed by atoms with Crippen LogP contribution in [0.5, 0.6) is 0 Å². The van der Waals surface area contributed by atoms with Gasteiger partial charge in [0.05, 0.1) is 17.9 Å². The average molecular weight is 428 g/mol.